The number of hydrogen-bond acceptors (Lipinski definition) is 4. The summed E-state index contributed by atoms with van der Waals surface area (Å²) in [5, 5.41) is 1.06. The molecule has 0 aliphatic rings. The molecule has 0 aliphatic heterocycles. The maximum absolute atomic E-state index is 5.80. The summed E-state index contributed by atoms with van der Waals surface area (Å²) in [6, 6.07) is 15.8. The lowest BCUT2D eigenvalue weighted by Crippen LogP contribution is -1.91. The van der Waals surface area contributed by atoms with Gasteiger partial charge in [0.25, 0.3) is 0 Å². The van der Waals surface area contributed by atoms with Crippen molar-refractivity contribution < 1.29 is 9.47 Å². The number of methoxy groups -OCH3 is 2. The van der Waals surface area contributed by atoms with Crippen LogP contribution in [0.2, 0.25) is 0 Å². The number of H-pyrrole nitrogens is 1. The number of nitrogens with two attached hydrogens (primary N) is 1. The summed E-state index contributed by atoms with van der Waals surface area (Å²) < 4.78 is 10.7. The van der Waals surface area contributed by atoms with Crippen molar-refractivity contribution in [2.75, 3.05) is 20.0 Å². The fraction of sp³-hybridized carbons (Fsp3) is 0.0952. The summed E-state index contributed by atoms with van der Waals surface area (Å²) in [6.45, 7) is 0. The van der Waals surface area contributed by atoms with E-state index >= 15 is 0 Å². The lowest BCUT2D eigenvalue weighted by molar-refractivity contribution is 0.355. The monoisotopic (exact) mass is 345 g/mol. The molecule has 0 bridgehead atoms. The van der Waals surface area contributed by atoms with E-state index in [-0.39, 0.29) is 0 Å². The molecule has 0 fully saturated rings. The molecule has 0 saturated heterocycles. The van der Waals surface area contributed by atoms with Crippen molar-refractivity contribution in [3.05, 3.63) is 60.9 Å². The minimum Gasteiger partial charge on any atom is -0.493 e. The van der Waals surface area contributed by atoms with Gasteiger partial charge in [-0.2, -0.15) is 0 Å². The Labute approximate surface area is 151 Å². The van der Waals surface area contributed by atoms with Crippen LogP contribution in [0.25, 0.3) is 33.3 Å². The van der Waals surface area contributed by atoms with Gasteiger partial charge in [-0.15, -0.1) is 0 Å². The fourth-order valence-electron chi connectivity index (χ4n) is 3.08. The average molecular weight is 345 g/mol. The lowest BCUT2D eigenvalue weighted by Gasteiger charge is -2.10. The molecule has 0 aliphatic carbocycles. The first-order chi connectivity index (χ1) is 12.7. The maximum atomic E-state index is 5.80. The number of aromatic amines is 1. The van der Waals surface area contributed by atoms with Gasteiger partial charge in [0, 0.05) is 34.6 Å². The number of nitrogens with zero attached hydrogens (tertiary/aromatic N) is 1. The molecule has 3 N–H and O–H groups in total. The Morgan fingerprint density at radius 3 is 2.31 bits per heavy atom. The fourth-order valence-corrected chi connectivity index (χ4v) is 3.08. The lowest BCUT2D eigenvalue weighted by atomic mass is 10.0. The Bertz CT molecular complexity index is 1070. The van der Waals surface area contributed by atoms with Crippen LogP contribution in [0.15, 0.2) is 60.9 Å². The number of ether oxygens (including phenoxy) is 2. The topological polar surface area (TPSA) is 73.2 Å². The molecule has 2 heterocycles. The van der Waals surface area contributed by atoms with Gasteiger partial charge in [-0.05, 0) is 41.5 Å². The highest BCUT2D eigenvalue weighted by molar-refractivity contribution is 5.96. The zero-order chi connectivity index (χ0) is 18.1. The molecule has 5 heteroatoms. The van der Waals surface area contributed by atoms with E-state index in [1.807, 2.05) is 54.9 Å². The van der Waals surface area contributed by atoms with Gasteiger partial charge in [-0.25, -0.2) is 4.98 Å². The van der Waals surface area contributed by atoms with E-state index in [9.17, 15) is 0 Å². The molecule has 0 atom stereocenters. The van der Waals surface area contributed by atoms with E-state index < -0.39 is 0 Å². The van der Waals surface area contributed by atoms with E-state index in [0.717, 1.165) is 39.0 Å². The first kappa shape index (κ1) is 16.0. The van der Waals surface area contributed by atoms with Gasteiger partial charge in [0.15, 0.2) is 11.5 Å². The Hall–Kier alpha value is -3.47. The SMILES string of the molecule is COc1ccc(-c2cnc3[nH]cc(-c4ccc(N)cc4)c3c2)cc1OC. The summed E-state index contributed by atoms with van der Waals surface area (Å²) in [6.07, 6.45) is 3.83. The van der Waals surface area contributed by atoms with Gasteiger partial charge in [-0.3, -0.25) is 0 Å². The second kappa shape index (κ2) is 6.44. The molecule has 130 valence electrons. The highest BCUT2D eigenvalue weighted by atomic mass is 16.5. The van der Waals surface area contributed by atoms with Crippen molar-refractivity contribution in [3.63, 3.8) is 0 Å². The first-order valence-electron chi connectivity index (χ1n) is 8.25. The quantitative estimate of drug-likeness (QED) is 0.534. The standard InChI is InChI=1S/C21H19N3O2/c1-25-19-8-5-14(10-20(19)26-2)15-9-17-18(12-24-21(17)23-11-15)13-3-6-16(22)7-4-13/h3-12H,22H2,1-2H3,(H,23,24). The Balaban J connectivity index is 1.83. The Morgan fingerprint density at radius 1 is 0.846 bits per heavy atom. The third kappa shape index (κ3) is 2.73. The number of aromatic nitrogens is 2. The first-order valence-corrected chi connectivity index (χ1v) is 8.25. The Kier molecular flexibility index (Phi) is 3.97. The molecule has 2 aromatic heterocycles. The van der Waals surface area contributed by atoms with Gasteiger partial charge >= 0.3 is 0 Å². The molecule has 4 aromatic rings. The zero-order valence-corrected chi connectivity index (χ0v) is 14.6. The van der Waals surface area contributed by atoms with E-state index in [4.69, 9.17) is 15.2 Å². The van der Waals surface area contributed by atoms with Gasteiger partial charge in [-0.1, -0.05) is 18.2 Å². The largest absolute Gasteiger partial charge is 0.493 e. The van der Waals surface area contributed by atoms with Crippen LogP contribution in [-0.4, -0.2) is 24.2 Å². The van der Waals surface area contributed by atoms with Crippen LogP contribution in [-0.2, 0) is 0 Å². The van der Waals surface area contributed by atoms with Crippen LogP contribution in [0.4, 0.5) is 5.69 Å². The van der Waals surface area contributed by atoms with Gasteiger partial charge in [0.05, 0.1) is 14.2 Å². The molecule has 0 radical (unpaired) electrons. The summed E-state index contributed by atoms with van der Waals surface area (Å²) in [7, 11) is 3.26. The number of hydrogen-bond donors (Lipinski definition) is 2. The average Bonchev–Trinajstić information content (AvgIpc) is 3.11. The van der Waals surface area contributed by atoms with Crippen LogP contribution in [0, 0.1) is 0 Å². The van der Waals surface area contributed by atoms with Gasteiger partial charge in [0.1, 0.15) is 5.65 Å². The molecule has 26 heavy (non-hydrogen) atoms. The predicted octanol–water partition coefficient (Wildman–Crippen LogP) is 4.50. The van der Waals surface area contributed by atoms with Crippen molar-refractivity contribution in [1.82, 2.24) is 9.97 Å². The summed E-state index contributed by atoms with van der Waals surface area (Å²) in [5.74, 6) is 1.40. The Morgan fingerprint density at radius 2 is 1.58 bits per heavy atom. The molecule has 0 saturated carbocycles. The number of nitrogens with one attached hydrogen (secondary N) is 1. The normalized spacial score (nSPS) is 10.8. The van der Waals surface area contributed by atoms with Crippen LogP contribution >= 0.6 is 0 Å². The van der Waals surface area contributed by atoms with E-state index in [0.29, 0.717) is 11.5 Å². The molecule has 0 spiro atoms. The minimum absolute atomic E-state index is 0.693. The zero-order valence-electron chi connectivity index (χ0n) is 14.6. The summed E-state index contributed by atoms with van der Waals surface area (Å²) >= 11 is 0. The van der Waals surface area contributed by atoms with Crippen molar-refractivity contribution in [2.45, 2.75) is 0 Å². The predicted molar refractivity (Wildman–Crippen MR) is 104 cm³/mol. The van der Waals surface area contributed by atoms with Gasteiger partial charge < -0.3 is 20.2 Å². The van der Waals surface area contributed by atoms with Crippen LogP contribution < -0.4 is 15.2 Å². The third-order valence-corrected chi connectivity index (χ3v) is 4.47. The number of pyridine rings is 1. The second-order valence-electron chi connectivity index (χ2n) is 6.01. The van der Waals surface area contributed by atoms with Crippen LogP contribution in [0.3, 0.4) is 0 Å². The number of rotatable bonds is 4. The summed E-state index contributed by atoms with van der Waals surface area (Å²) in [5.41, 5.74) is 11.6. The van der Waals surface area contributed by atoms with E-state index in [1.165, 1.54) is 0 Å². The van der Waals surface area contributed by atoms with Gasteiger partial charge in [0.2, 0.25) is 0 Å². The van der Waals surface area contributed by atoms with Crippen LogP contribution in [0.1, 0.15) is 0 Å². The molecule has 4 rings (SSSR count). The number of nitrogen functional groups attached to an aromatic ring is 1. The highest BCUT2D eigenvalue weighted by Crippen LogP contribution is 2.35. The molecular weight excluding hydrogens is 326 g/mol. The number of fused-ring (bicyclic) bond motifs is 1. The van der Waals surface area contributed by atoms with Crippen molar-refractivity contribution in [1.29, 1.82) is 0 Å². The van der Waals surface area contributed by atoms with Crippen LogP contribution in [0.5, 0.6) is 11.5 Å². The van der Waals surface area contributed by atoms with E-state index in [1.54, 1.807) is 14.2 Å². The van der Waals surface area contributed by atoms with Crippen molar-refractivity contribution in [3.8, 4) is 33.8 Å². The maximum Gasteiger partial charge on any atom is 0.161 e. The molecule has 0 unspecified atom stereocenters. The third-order valence-electron chi connectivity index (χ3n) is 4.47. The van der Waals surface area contributed by atoms with E-state index in [2.05, 4.69) is 16.0 Å². The molecule has 0 amide bonds. The number of anilines is 1. The number of benzene rings is 2. The molecular formula is C21H19N3O2. The van der Waals surface area contributed by atoms with Crippen molar-refractivity contribution in [2.24, 2.45) is 0 Å². The van der Waals surface area contributed by atoms with Crippen molar-refractivity contribution >= 4 is 16.7 Å². The molecule has 5 nitrogen and oxygen atoms in total. The second-order valence-corrected chi connectivity index (χ2v) is 6.01. The molecule has 2 aromatic carbocycles. The minimum atomic E-state index is 0.693. The highest BCUT2D eigenvalue weighted by Gasteiger charge is 2.11. The summed E-state index contributed by atoms with van der Waals surface area (Å²) in [4.78, 5) is 7.80. The smallest absolute Gasteiger partial charge is 0.161 e.